The van der Waals surface area contributed by atoms with Crippen LogP contribution >= 0.6 is 11.6 Å². The number of nitrogens with zero attached hydrogens (tertiary/aromatic N) is 1. The van der Waals surface area contributed by atoms with E-state index in [1.54, 1.807) is 38.1 Å². The number of benzene rings is 2. The predicted molar refractivity (Wildman–Crippen MR) is 112 cm³/mol. The number of carbonyl (C=O) groups excluding carboxylic acids is 1. The summed E-state index contributed by atoms with van der Waals surface area (Å²) in [5.74, 6) is 0.408. The number of nitrogens with one attached hydrogen (secondary N) is 1. The SMILES string of the molecule is C[C@@H]1CCCCN1c1ccc(NC(=O)C(C)(C)Oc2ccc(Cl)cc2)cc1. The number of anilines is 2. The summed E-state index contributed by atoms with van der Waals surface area (Å²) in [5.41, 5.74) is 0.964. The summed E-state index contributed by atoms with van der Waals surface area (Å²) in [5, 5.41) is 3.58. The van der Waals surface area contributed by atoms with E-state index in [4.69, 9.17) is 16.3 Å². The summed E-state index contributed by atoms with van der Waals surface area (Å²) in [4.78, 5) is 15.1. The minimum absolute atomic E-state index is 0.198. The van der Waals surface area contributed by atoms with Gasteiger partial charge in [-0.3, -0.25) is 4.79 Å². The molecule has 1 N–H and O–H groups in total. The van der Waals surface area contributed by atoms with Crippen molar-refractivity contribution in [2.75, 3.05) is 16.8 Å². The van der Waals surface area contributed by atoms with Crippen LogP contribution in [0.3, 0.4) is 0 Å². The van der Waals surface area contributed by atoms with Crippen molar-refractivity contribution < 1.29 is 9.53 Å². The number of hydrogen-bond acceptors (Lipinski definition) is 3. The average molecular weight is 387 g/mol. The van der Waals surface area contributed by atoms with Crippen molar-refractivity contribution in [2.45, 2.75) is 51.7 Å². The normalized spacial score (nSPS) is 17.5. The number of hydrogen-bond donors (Lipinski definition) is 1. The summed E-state index contributed by atoms with van der Waals surface area (Å²) in [7, 11) is 0. The molecule has 1 atom stereocenters. The standard InChI is InChI=1S/C22H27ClN2O2/c1-16-6-4-5-15-25(16)19-11-9-18(10-12-19)24-21(26)22(2,3)27-20-13-7-17(23)8-14-20/h7-14,16H,4-6,15H2,1-3H3,(H,24,26)/t16-/m1/s1. The van der Waals surface area contributed by atoms with E-state index in [0.29, 0.717) is 16.8 Å². The molecule has 1 fully saturated rings. The fraction of sp³-hybridized carbons (Fsp3) is 0.409. The van der Waals surface area contributed by atoms with Crippen molar-refractivity contribution in [3.63, 3.8) is 0 Å². The molecule has 5 heteroatoms. The Labute approximate surface area is 166 Å². The Balaban J connectivity index is 1.63. The third kappa shape index (κ3) is 4.95. The van der Waals surface area contributed by atoms with Crippen molar-refractivity contribution in [3.05, 3.63) is 53.6 Å². The molecule has 1 saturated heterocycles. The zero-order valence-electron chi connectivity index (χ0n) is 16.2. The van der Waals surface area contributed by atoms with E-state index >= 15 is 0 Å². The van der Waals surface area contributed by atoms with E-state index in [1.165, 1.54) is 24.9 Å². The van der Waals surface area contributed by atoms with Gasteiger partial charge in [-0.25, -0.2) is 0 Å². The van der Waals surface area contributed by atoms with E-state index in [9.17, 15) is 4.79 Å². The van der Waals surface area contributed by atoms with Crippen molar-refractivity contribution in [2.24, 2.45) is 0 Å². The van der Waals surface area contributed by atoms with Crippen LogP contribution in [0.1, 0.15) is 40.0 Å². The highest BCUT2D eigenvalue weighted by molar-refractivity contribution is 6.30. The molecule has 0 saturated carbocycles. The molecule has 0 aromatic heterocycles. The van der Waals surface area contributed by atoms with Gasteiger partial charge in [0.1, 0.15) is 5.75 Å². The smallest absolute Gasteiger partial charge is 0.267 e. The lowest BCUT2D eigenvalue weighted by molar-refractivity contribution is -0.128. The van der Waals surface area contributed by atoms with Gasteiger partial charge in [-0.15, -0.1) is 0 Å². The first kappa shape index (κ1) is 19.6. The maximum Gasteiger partial charge on any atom is 0.267 e. The van der Waals surface area contributed by atoms with Crippen LogP contribution in [0.25, 0.3) is 0 Å². The molecule has 0 radical (unpaired) electrons. The van der Waals surface area contributed by atoms with Crippen LogP contribution in [-0.4, -0.2) is 24.1 Å². The molecule has 1 aliphatic heterocycles. The fourth-order valence-corrected chi connectivity index (χ4v) is 3.47. The van der Waals surface area contributed by atoms with Gasteiger partial charge in [0.05, 0.1) is 0 Å². The lowest BCUT2D eigenvalue weighted by atomic mass is 10.0. The van der Waals surface area contributed by atoms with Crippen LogP contribution in [0.15, 0.2) is 48.5 Å². The second-order valence-corrected chi connectivity index (χ2v) is 8.04. The van der Waals surface area contributed by atoms with Gasteiger partial charge in [-0.1, -0.05) is 11.6 Å². The highest BCUT2D eigenvalue weighted by Crippen LogP contribution is 2.27. The summed E-state index contributed by atoms with van der Waals surface area (Å²) in [6, 6.07) is 15.6. The minimum Gasteiger partial charge on any atom is -0.478 e. The Morgan fingerprint density at radius 1 is 1.11 bits per heavy atom. The highest BCUT2D eigenvalue weighted by atomic mass is 35.5. The Bertz CT molecular complexity index is 772. The highest BCUT2D eigenvalue weighted by Gasteiger charge is 2.30. The van der Waals surface area contributed by atoms with Gasteiger partial charge in [0, 0.05) is 29.0 Å². The van der Waals surface area contributed by atoms with Crippen LogP contribution in [-0.2, 0) is 4.79 Å². The number of rotatable bonds is 5. The maximum atomic E-state index is 12.7. The lowest BCUT2D eigenvalue weighted by Crippen LogP contribution is -2.42. The van der Waals surface area contributed by atoms with E-state index in [-0.39, 0.29) is 5.91 Å². The third-order valence-corrected chi connectivity index (χ3v) is 5.25. The van der Waals surface area contributed by atoms with Gasteiger partial charge in [0.2, 0.25) is 0 Å². The summed E-state index contributed by atoms with van der Waals surface area (Å²) in [6.07, 6.45) is 3.77. The van der Waals surface area contributed by atoms with Crippen LogP contribution in [0, 0.1) is 0 Å². The molecule has 1 aliphatic rings. The molecule has 3 rings (SSSR count). The summed E-state index contributed by atoms with van der Waals surface area (Å²) < 4.78 is 5.84. The first-order chi connectivity index (χ1) is 12.8. The predicted octanol–water partition coefficient (Wildman–Crippen LogP) is 5.51. The van der Waals surface area contributed by atoms with Crippen molar-refractivity contribution in [1.29, 1.82) is 0 Å². The second kappa shape index (κ2) is 8.22. The number of piperidine rings is 1. The average Bonchev–Trinajstić information content (AvgIpc) is 2.65. The van der Waals surface area contributed by atoms with Gasteiger partial charge in [0.15, 0.2) is 5.60 Å². The number of amides is 1. The molecule has 0 spiro atoms. The molecular formula is C22H27ClN2O2. The van der Waals surface area contributed by atoms with E-state index in [0.717, 1.165) is 12.2 Å². The number of ether oxygens (including phenoxy) is 1. The fourth-order valence-electron chi connectivity index (χ4n) is 3.34. The molecule has 0 aliphatic carbocycles. The first-order valence-corrected chi connectivity index (χ1v) is 9.86. The number of halogens is 1. The van der Waals surface area contributed by atoms with E-state index in [1.807, 2.05) is 12.1 Å². The lowest BCUT2D eigenvalue weighted by Gasteiger charge is -2.35. The van der Waals surface area contributed by atoms with Crippen molar-refractivity contribution in [1.82, 2.24) is 0 Å². The quantitative estimate of drug-likeness (QED) is 0.736. The van der Waals surface area contributed by atoms with Crippen molar-refractivity contribution in [3.8, 4) is 5.75 Å². The Kier molecular flexibility index (Phi) is 5.95. The van der Waals surface area contributed by atoms with Gasteiger partial charge in [-0.2, -0.15) is 0 Å². The molecule has 2 aromatic rings. The van der Waals surface area contributed by atoms with Gasteiger partial charge in [0.25, 0.3) is 5.91 Å². The zero-order valence-corrected chi connectivity index (χ0v) is 16.9. The van der Waals surface area contributed by atoms with Crippen LogP contribution in [0.2, 0.25) is 5.02 Å². The molecule has 27 heavy (non-hydrogen) atoms. The molecule has 0 unspecified atom stereocenters. The largest absolute Gasteiger partial charge is 0.478 e. The van der Waals surface area contributed by atoms with E-state index < -0.39 is 5.60 Å². The number of carbonyl (C=O) groups is 1. The zero-order chi connectivity index (χ0) is 19.4. The maximum absolute atomic E-state index is 12.7. The molecule has 144 valence electrons. The van der Waals surface area contributed by atoms with Gasteiger partial charge < -0.3 is 15.0 Å². The third-order valence-electron chi connectivity index (χ3n) is 4.99. The molecule has 0 bridgehead atoms. The van der Waals surface area contributed by atoms with E-state index in [2.05, 4.69) is 29.3 Å². The molecule has 1 heterocycles. The topological polar surface area (TPSA) is 41.6 Å². The van der Waals surface area contributed by atoms with Crippen LogP contribution in [0.5, 0.6) is 5.75 Å². The Morgan fingerprint density at radius 3 is 2.41 bits per heavy atom. The van der Waals surface area contributed by atoms with Crippen LogP contribution < -0.4 is 15.0 Å². The minimum atomic E-state index is -1.01. The van der Waals surface area contributed by atoms with Crippen molar-refractivity contribution >= 4 is 28.9 Å². The molecule has 1 amide bonds. The van der Waals surface area contributed by atoms with Crippen LogP contribution in [0.4, 0.5) is 11.4 Å². The monoisotopic (exact) mass is 386 g/mol. The van der Waals surface area contributed by atoms with Gasteiger partial charge in [-0.05, 0) is 88.6 Å². The summed E-state index contributed by atoms with van der Waals surface area (Å²) in [6.45, 7) is 6.86. The Hall–Kier alpha value is -2.20. The molecular weight excluding hydrogens is 360 g/mol. The first-order valence-electron chi connectivity index (χ1n) is 9.48. The second-order valence-electron chi connectivity index (χ2n) is 7.61. The Morgan fingerprint density at radius 2 is 1.78 bits per heavy atom. The van der Waals surface area contributed by atoms with Gasteiger partial charge >= 0.3 is 0 Å². The molecule has 2 aromatic carbocycles. The molecule has 4 nitrogen and oxygen atoms in total. The summed E-state index contributed by atoms with van der Waals surface area (Å²) >= 11 is 5.89.